The van der Waals surface area contributed by atoms with Gasteiger partial charge < -0.3 is 14.4 Å². The van der Waals surface area contributed by atoms with Crippen molar-refractivity contribution in [1.82, 2.24) is 10.2 Å². The van der Waals surface area contributed by atoms with Crippen LogP contribution in [0.4, 0.5) is 5.82 Å². The number of fused-ring (bicyclic) bond motifs is 1. The highest BCUT2D eigenvalue weighted by molar-refractivity contribution is 6.08. The number of ether oxygens (including phenoxy) is 2. The summed E-state index contributed by atoms with van der Waals surface area (Å²) in [5.41, 5.74) is 3.84. The molecule has 0 saturated carbocycles. The molecule has 0 unspecified atom stereocenters. The van der Waals surface area contributed by atoms with Gasteiger partial charge in [0.1, 0.15) is 11.4 Å². The van der Waals surface area contributed by atoms with E-state index in [0.29, 0.717) is 18.0 Å². The third kappa shape index (κ3) is 3.26. The molecule has 28 heavy (non-hydrogen) atoms. The van der Waals surface area contributed by atoms with Gasteiger partial charge >= 0.3 is 5.97 Å². The van der Waals surface area contributed by atoms with E-state index in [-0.39, 0.29) is 5.97 Å². The Balaban J connectivity index is 2.42. The quantitative estimate of drug-likeness (QED) is 0.620. The lowest BCUT2D eigenvalue weighted by molar-refractivity contribution is 0.0525. The molecule has 0 spiro atoms. The van der Waals surface area contributed by atoms with Crippen molar-refractivity contribution in [2.24, 2.45) is 0 Å². The summed E-state index contributed by atoms with van der Waals surface area (Å²) in [5, 5.41) is 10.8. The molecule has 146 valence electrons. The number of hydrogen-bond acceptors (Lipinski definition) is 6. The van der Waals surface area contributed by atoms with Gasteiger partial charge in [-0.2, -0.15) is 0 Å². The van der Waals surface area contributed by atoms with Crippen molar-refractivity contribution in [3.05, 3.63) is 47.0 Å². The highest BCUT2D eigenvalue weighted by Crippen LogP contribution is 2.38. The molecule has 0 saturated heterocycles. The molecule has 3 rings (SSSR count). The SMILES string of the molecule is CCOC(=O)c1c(C)cc2c(-c3ccccc3OC)nnc(N(C)C)c2c1C. The summed E-state index contributed by atoms with van der Waals surface area (Å²) in [4.78, 5) is 14.5. The molecule has 0 radical (unpaired) electrons. The van der Waals surface area contributed by atoms with Crippen LogP contribution in [0.5, 0.6) is 5.75 Å². The standard InChI is InChI=1S/C22H25N3O3/c1-7-28-22(26)18-13(2)12-16-19(14(18)3)21(25(4)5)24-23-20(16)15-10-8-9-11-17(15)27-6/h8-12H,7H2,1-6H3. The minimum absolute atomic E-state index is 0.320. The smallest absolute Gasteiger partial charge is 0.338 e. The monoisotopic (exact) mass is 379 g/mol. The first-order valence-corrected chi connectivity index (χ1v) is 9.19. The van der Waals surface area contributed by atoms with Gasteiger partial charge in [0.15, 0.2) is 5.82 Å². The molecule has 6 heteroatoms. The molecule has 1 heterocycles. The van der Waals surface area contributed by atoms with Gasteiger partial charge in [-0.1, -0.05) is 12.1 Å². The molecule has 0 aliphatic carbocycles. The fourth-order valence-electron chi connectivity index (χ4n) is 3.53. The molecular weight excluding hydrogens is 354 g/mol. The number of nitrogens with zero attached hydrogens (tertiary/aromatic N) is 3. The second-order valence-electron chi connectivity index (χ2n) is 6.80. The summed E-state index contributed by atoms with van der Waals surface area (Å²) < 4.78 is 10.8. The Morgan fingerprint density at radius 1 is 1.14 bits per heavy atom. The number of esters is 1. The van der Waals surface area contributed by atoms with Crippen LogP contribution in [0.15, 0.2) is 30.3 Å². The van der Waals surface area contributed by atoms with E-state index in [4.69, 9.17) is 9.47 Å². The first-order chi connectivity index (χ1) is 13.4. The van der Waals surface area contributed by atoms with Crippen LogP contribution in [0.2, 0.25) is 0 Å². The van der Waals surface area contributed by atoms with Crippen molar-refractivity contribution in [3.63, 3.8) is 0 Å². The summed E-state index contributed by atoms with van der Waals surface area (Å²) in [6.07, 6.45) is 0. The van der Waals surface area contributed by atoms with Gasteiger partial charge in [0, 0.05) is 30.4 Å². The van der Waals surface area contributed by atoms with E-state index in [1.165, 1.54) is 0 Å². The zero-order valence-corrected chi connectivity index (χ0v) is 17.2. The molecule has 0 aliphatic rings. The lowest BCUT2D eigenvalue weighted by atomic mass is 9.93. The average molecular weight is 379 g/mol. The van der Waals surface area contributed by atoms with Crippen molar-refractivity contribution in [2.45, 2.75) is 20.8 Å². The minimum atomic E-state index is -0.320. The van der Waals surface area contributed by atoms with Crippen molar-refractivity contribution < 1.29 is 14.3 Å². The summed E-state index contributed by atoms with van der Waals surface area (Å²) in [6.45, 7) is 5.99. The highest BCUT2D eigenvalue weighted by Gasteiger charge is 2.23. The van der Waals surface area contributed by atoms with Crippen LogP contribution < -0.4 is 9.64 Å². The molecule has 3 aromatic rings. The van der Waals surface area contributed by atoms with Gasteiger partial charge in [-0.3, -0.25) is 0 Å². The fourth-order valence-corrected chi connectivity index (χ4v) is 3.53. The van der Waals surface area contributed by atoms with E-state index in [0.717, 1.165) is 38.9 Å². The third-order valence-corrected chi connectivity index (χ3v) is 4.76. The zero-order chi connectivity index (χ0) is 20.4. The number of anilines is 1. The predicted molar refractivity (Wildman–Crippen MR) is 111 cm³/mol. The van der Waals surface area contributed by atoms with Crippen LogP contribution in [0.25, 0.3) is 22.0 Å². The zero-order valence-electron chi connectivity index (χ0n) is 17.2. The molecule has 2 aromatic carbocycles. The molecule has 1 aromatic heterocycles. The number of methoxy groups -OCH3 is 1. The van der Waals surface area contributed by atoms with Crippen LogP contribution >= 0.6 is 0 Å². The van der Waals surface area contributed by atoms with E-state index in [1.54, 1.807) is 14.0 Å². The molecule has 0 amide bonds. The fraction of sp³-hybridized carbons (Fsp3) is 0.318. The minimum Gasteiger partial charge on any atom is -0.496 e. The molecular formula is C22H25N3O3. The predicted octanol–water partition coefficient (Wildman–Crippen LogP) is 4.16. The second-order valence-corrected chi connectivity index (χ2v) is 6.80. The van der Waals surface area contributed by atoms with Crippen molar-refractivity contribution in [3.8, 4) is 17.0 Å². The van der Waals surface area contributed by atoms with E-state index in [9.17, 15) is 4.79 Å². The largest absolute Gasteiger partial charge is 0.496 e. The molecule has 6 nitrogen and oxygen atoms in total. The maximum absolute atomic E-state index is 12.6. The first-order valence-electron chi connectivity index (χ1n) is 9.19. The Hall–Kier alpha value is -3.15. The maximum Gasteiger partial charge on any atom is 0.338 e. The Morgan fingerprint density at radius 2 is 1.86 bits per heavy atom. The summed E-state index contributed by atoms with van der Waals surface area (Å²) in [5.74, 6) is 1.11. The van der Waals surface area contributed by atoms with Crippen LogP contribution in [-0.2, 0) is 4.74 Å². The number of benzene rings is 2. The van der Waals surface area contributed by atoms with Crippen molar-refractivity contribution in [2.75, 3.05) is 32.7 Å². The van der Waals surface area contributed by atoms with Crippen molar-refractivity contribution >= 4 is 22.6 Å². The normalized spacial score (nSPS) is 10.8. The molecule has 0 N–H and O–H groups in total. The van der Waals surface area contributed by atoms with Gasteiger partial charge in [0.05, 0.1) is 19.3 Å². The summed E-state index contributed by atoms with van der Waals surface area (Å²) >= 11 is 0. The van der Waals surface area contributed by atoms with Crippen molar-refractivity contribution in [1.29, 1.82) is 0 Å². The number of aryl methyl sites for hydroxylation is 2. The maximum atomic E-state index is 12.6. The highest BCUT2D eigenvalue weighted by atomic mass is 16.5. The molecule has 0 bridgehead atoms. The number of hydrogen-bond donors (Lipinski definition) is 0. The number of aromatic nitrogens is 2. The Kier molecular flexibility index (Phi) is 5.49. The number of rotatable bonds is 5. The topological polar surface area (TPSA) is 64.5 Å². The lowest BCUT2D eigenvalue weighted by Crippen LogP contribution is -2.15. The van der Waals surface area contributed by atoms with E-state index < -0.39 is 0 Å². The Morgan fingerprint density at radius 3 is 2.50 bits per heavy atom. The average Bonchev–Trinajstić information content (AvgIpc) is 2.67. The molecule has 0 atom stereocenters. The van der Waals surface area contributed by atoms with E-state index in [1.807, 2.05) is 63.2 Å². The van der Waals surface area contributed by atoms with Gasteiger partial charge in [-0.05, 0) is 50.1 Å². The first kappa shape index (κ1) is 19.6. The van der Waals surface area contributed by atoms with Gasteiger partial charge in [-0.15, -0.1) is 10.2 Å². The Bertz CT molecular complexity index is 1040. The van der Waals surface area contributed by atoms with E-state index >= 15 is 0 Å². The van der Waals surface area contributed by atoms with Crippen LogP contribution in [-0.4, -0.2) is 44.0 Å². The lowest BCUT2D eigenvalue weighted by Gasteiger charge is -2.20. The Labute approximate surface area is 165 Å². The number of para-hydroxylation sites is 1. The van der Waals surface area contributed by atoms with E-state index in [2.05, 4.69) is 10.2 Å². The van der Waals surface area contributed by atoms with Gasteiger partial charge in [0.25, 0.3) is 0 Å². The van der Waals surface area contributed by atoms with Crippen LogP contribution in [0.3, 0.4) is 0 Å². The second kappa shape index (κ2) is 7.84. The summed E-state index contributed by atoms with van der Waals surface area (Å²) in [6, 6.07) is 9.70. The van der Waals surface area contributed by atoms with Gasteiger partial charge in [-0.25, -0.2) is 4.79 Å². The van der Waals surface area contributed by atoms with Crippen LogP contribution in [0.1, 0.15) is 28.4 Å². The summed E-state index contributed by atoms with van der Waals surface area (Å²) in [7, 11) is 5.46. The number of carbonyl (C=O) groups excluding carboxylic acids is 1. The number of carbonyl (C=O) groups is 1. The van der Waals surface area contributed by atoms with Gasteiger partial charge in [0.2, 0.25) is 0 Å². The van der Waals surface area contributed by atoms with Crippen LogP contribution in [0, 0.1) is 13.8 Å². The molecule has 0 fully saturated rings. The third-order valence-electron chi connectivity index (χ3n) is 4.76. The molecule has 0 aliphatic heterocycles.